The predicted molar refractivity (Wildman–Crippen MR) is 85.1 cm³/mol. The SMILES string of the molecule is CC(C)CC1NC(c2ccc(Cl)cc2)N(C2CCC2)C1=O. The Hall–Kier alpha value is -1.06. The third-order valence-electron chi connectivity index (χ3n) is 4.55. The number of rotatable bonds is 4. The number of benzene rings is 1. The Morgan fingerprint density at radius 3 is 2.48 bits per heavy atom. The first-order valence-corrected chi connectivity index (χ1v) is 8.27. The molecule has 0 aromatic heterocycles. The molecular formula is C17H23ClN2O. The molecule has 3 rings (SSSR count). The molecule has 21 heavy (non-hydrogen) atoms. The van der Waals surface area contributed by atoms with Crippen molar-refractivity contribution >= 4 is 17.5 Å². The highest BCUT2D eigenvalue weighted by Gasteiger charge is 2.44. The molecule has 1 aromatic carbocycles. The molecule has 0 radical (unpaired) electrons. The van der Waals surface area contributed by atoms with E-state index in [1.807, 2.05) is 24.3 Å². The van der Waals surface area contributed by atoms with E-state index in [2.05, 4.69) is 24.1 Å². The number of halogens is 1. The van der Waals surface area contributed by atoms with Crippen molar-refractivity contribution in [2.24, 2.45) is 5.92 Å². The molecule has 4 heteroatoms. The van der Waals surface area contributed by atoms with Crippen molar-refractivity contribution in [2.45, 2.75) is 57.8 Å². The van der Waals surface area contributed by atoms with Crippen molar-refractivity contribution < 1.29 is 4.79 Å². The first-order chi connectivity index (χ1) is 10.1. The van der Waals surface area contributed by atoms with Gasteiger partial charge in [0.25, 0.3) is 0 Å². The molecule has 3 nitrogen and oxygen atoms in total. The highest BCUT2D eigenvalue weighted by molar-refractivity contribution is 6.30. The van der Waals surface area contributed by atoms with Crippen LogP contribution in [0.5, 0.6) is 0 Å². The lowest BCUT2D eigenvalue weighted by molar-refractivity contribution is -0.134. The molecule has 2 atom stereocenters. The van der Waals surface area contributed by atoms with Gasteiger partial charge in [0.15, 0.2) is 0 Å². The van der Waals surface area contributed by atoms with Crippen molar-refractivity contribution in [3.63, 3.8) is 0 Å². The first kappa shape index (κ1) is 14.9. The molecule has 1 N–H and O–H groups in total. The van der Waals surface area contributed by atoms with Crippen LogP contribution in [-0.2, 0) is 4.79 Å². The summed E-state index contributed by atoms with van der Waals surface area (Å²) in [6.45, 7) is 4.33. The Balaban J connectivity index is 1.85. The van der Waals surface area contributed by atoms with Crippen LogP contribution in [0.3, 0.4) is 0 Å². The zero-order chi connectivity index (χ0) is 15.0. The second-order valence-corrected chi connectivity index (χ2v) is 7.07. The lowest BCUT2D eigenvalue weighted by Gasteiger charge is -2.38. The van der Waals surface area contributed by atoms with Crippen LogP contribution in [0.25, 0.3) is 0 Å². The molecule has 1 amide bonds. The fraction of sp³-hybridized carbons (Fsp3) is 0.588. The average molecular weight is 307 g/mol. The summed E-state index contributed by atoms with van der Waals surface area (Å²) >= 11 is 5.98. The Kier molecular flexibility index (Phi) is 4.23. The lowest BCUT2D eigenvalue weighted by Crippen LogP contribution is -2.44. The number of amides is 1. The molecule has 1 saturated heterocycles. The van der Waals surface area contributed by atoms with Crippen LogP contribution in [0, 0.1) is 5.92 Å². The Labute approximate surface area is 131 Å². The average Bonchev–Trinajstić information content (AvgIpc) is 2.67. The van der Waals surface area contributed by atoms with Crippen molar-refractivity contribution in [2.75, 3.05) is 0 Å². The molecule has 1 aliphatic heterocycles. The molecule has 0 spiro atoms. The van der Waals surface area contributed by atoms with E-state index in [-0.39, 0.29) is 18.1 Å². The van der Waals surface area contributed by atoms with Crippen molar-refractivity contribution in [3.05, 3.63) is 34.9 Å². The molecule has 2 fully saturated rings. The first-order valence-electron chi connectivity index (χ1n) is 7.90. The van der Waals surface area contributed by atoms with Gasteiger partial charge in [-0.2, -0.15) is 0 Å². The van der Waals surface area contributed by atoms with E-state index in [4.69, 9.17) is 11.6 Å². The fourth-order valence-electron chi connectivity index (χ4n) is 3.25. The topological polar surface area (TPSA) is 32.3 Å². The van der Waals surface area contributed by atoms with Crippen molar-refractivity contribution in [1.82, 2.24) is 10.2 Å². The Morgan fingerprint density at radius 2 is 1.95 bits per heavy atom. The van der Waals surface area contributed by atoms with Gasteiger partial charge in [-0.15, -0.1) is 0 Å². The summed E-state index contributed by atoms with van der Waals surface area (Å²) in [6, 6.07) is 8.21. The molecule has 1 aromatic rings. The van der Waals surface area contributed by atoms with Crippen molar-refractivity contribution in [1.29, 1.82) is 0 Å². The minimum Gasteiger partial charge on any atom is -0.319 e. The fourth-order valence-corrected chi connectivity index (χ4v) is 3.37. The number of nitrogens with one attached hydrogen (secondary N) is 1. The smallest absolute Gasteiger partial charge is 0.241 e. The van der Waals surface area contributed by atoms with E-state index in [0.29, 0.717) is 12.0 Å². The standard InChI is InChI=1S/C17H23ClN2O/c1-11(2)10-15-17(21)20(14-4-3-5-14)16(19-15)12-6-8-13(18)9-7-12/h6-9,11,14-16,19H,3-5,10H2,1-2H3. The minimum atomic E-state index is -0.0497. The molecule has 2 unspecified atom stereocenters. The molecule has 1 heterocycles. The molecule has 114 valence electrons. The summed E-state index contributed by atoms with van der Waals surface area (Å²) in [5.41, 5.74) is 1.13. The van der Waals surface area contributed by atoms with E-state index < -0.39 is 0 Å². The third kappa shape index (κ3) is 2.95. The van der Waals surface area contributed by atoms with E-state index in [1.165, 1.54) is 6.42 Å². The summed E-state index contributed by atoms with van der Waals surface area (Å²) in [6.07, 6.45) is 4.39. The van der Waals surface area contributed by atoms with Gasteiger partial charge in [-0.05, 0) is 49.3 Å². The molecule has 0 bridgehead atoms. The van der Waals surface area contributed by atoms with Gasteiger partial charge in [0, 0.05) is 11.1 Å². The van der Waals surface area contributed by atoms with Gasteiger partial charge in [-0.3, -0.25) is 10.1 Å². The van der Waals surface area contributed by atoms with E-state index >= 15 is 0 Å². The zero-order valence-corrected chi connectivity index (χ0v) is 13.4. The highest BCUT2D eigenvalue weighted by Crippen LogP contribution is 2.36. The van der Waals surface area contributed by atoms with Crippen LogP contribution < -0.4 is 5.32 Å². The Morgan fingerprint density at radius 1 is 1.29 bits per heavy atom. The van der Waals surface area contributed by atoms with Crippen LogP contribution in [0.4, 0.5) is 0 Å². The molecular weight excluding hydrogens is 284 g/mol. The number of hydrogen-bond acceptors (Lipinski definition) is 2. The van der Waals surface area contributed by atoms with Gasteiger partial charge in [0.2, 0.25) is 5.91 Å². The van der Waals surface area contributed by atoms with Gasteiger partial charge in [0.05, 0.1) is 6.04 Å². The summed E-state index contributed by atoms with van der Waals surface area (Å²) in [4.78, 5) is 14.8. The second kappa shape index (κ2) is 5.98. The predicted octanol–water partition coefficient (Wildman–Crippen LogP) is 3.74. The molecule has 1 saturated carbocycles. The third-order valence-corrected chi connectivity index (χ3v) is 4.80. The lowest BCUT2D eigenvalue weighted by atomic mass is 9.90. The summed E-state index contributed by atoms with van der Waals surface area (Å²) in [5.74, 6) is 0.784. The quantitative estimate of drug-likeness (QED) is 0.919. The molecule has 2 aliphatic rings. The van der Waals surface area contributed by atoms with Crippen molar-refractivity contribution in [3.8, 4) is 0 Å². The normalized spacial score (nSPS) is 26.5. The second-order valence-electron chi connectivity index (χ2n) is 6.63. The van der Waals surface area contributed by atoms with Gasteiger partial charge in [0.1, 0.15) is 6.17 Å². The van der Waals surface area contributed by atoms with E-state index in [9.17, 15) is 4.79 Å². The highest BCUT2D eigenvalue weighted by atomic mass is 35.5. The van der Waals surface area contributed by atoms with Gasteiger partial charge >= 0.3 is 0 Å². The van der Waals surface area contributed by atoms with Crippen LogP contribution in [-0.4, -0.2) is 22.9 Å². The number of carbonyl (C=O) groups is 1. The summed E-state index contributed by atoms with van der Waals surface area (Å²) in [7, 11) is 0. The number of carbonyl (C=O) groups excluding carboxylic acids is 1. The van der Waals surface area contributed by atoms with Gasteiger partial charge in [-0.1, -0.05) is 37.6 Å². The largest absolute Gasteiger partial charge is 0.319 e. The van der Waals surface area contributed by atoms with Gasteiger partial charge in [-0.25, -0.2) is 0 Å². The maximum absolute atomic E-state index is 12.8. The van der Waals surface area contributed by atoms with E-state index in [0.717, 1.165) is 29.8 Å². The molecule has 1 aliphatic carbocycles. The van der Waals surface area contributed by atoms with Crippen LogP contribution in [0.1, 0.15) is 51.3 Å². The zero-order valence-electron chi connectivity index (χ0n) is 12.7. The maximum atomic E-state index is 12.8. The number of nitrogens with zero attached hydrogens (tertiary/aromatic N) is 1. The maximum Gasteiger partial charge on any atom is 0.241 e. The monoisotopic (exact) mass is 306 g/mol. The van der Waals surface area contributed by atoms with Gasteiger partial charge < -0.3 is 4.90 Å². The summed E-state index contributed by atoms with van der Waals surface area (Å²) in [5, 5.41) is 4.27. The minimum absolute atomic E-state index is 0.00353. The van der Waals surface area contributed by atoms with E-state index in [1.54, 1.807) is 0 Å². The van der Waals surface area contributed by atoms with Crippen LogP contribution in [0.15, 0.2) is 24.3 Å². The van der Waals surface area contributed by atoms with Crippen LogP contribution >= 0.6 is 11.6 Å². The Bertz CT molecular complexity index is 510. The summed E-state index contributed by atoms with van der Waals surface area (Å²) < 4.78 is 0. The number of hydrogen-bond donors (Lipinski definition) is 1. The van der Waals surface area contributed by atoms with Crippen LogP contribution in [0.2, 0.25) is 5.02 Å².